The average Bonchev–Trinajstić information content (AvgIpc) is 3.01. The van der Waals surface area contributed by atoms with Gasteiger partial charge < -0.3 is 4.74 Å². The number of benzene rings is 2. The summed E-state index contributed by atoms with van der Waals surface area (Å²) in [4.78, 5) is 0. The predicted molar refractivity (Wildman–Crippen MR) is 88.3 cm³/mol. The fourth-order valence-corrected chi connectivity index (χ4v) is 3.39. The number of nitrogens with zero attached hydrogens (tertiary/aromatic N) is 2. The molecule has 0 amide bonds. The Kier molecular flexibility index (Phi) is 3.30. The molecule has 22 heavy (non-hydrogen) atoms. The van der Waals surface area contributed by atoms with E-state index in [0.717, 1.165) is 34.9 Å². The van der Waals surface area contributed by atoms with E-state index in [4.69, 9.17) is 21.4 Å². The summed E-state index contributed by atoms with van der Waals surface area (Å²) in [7, 11) is 0. The molecule has 4 heteroatoms. The van der Waals surface area contributed by atoms with Crippen molar-refractivity contribution in [1.82, 2.24) is 5.01 Å². The van der Waals surface area contributed by atoms with Gasteiger partial charge in [0.1, 0.15) is 5.75 Å². The van der Waals surface area contributed by atoms with Crippen LogP contribution in [0.4, 0.5) is 0 Å². The highest BCUT2D eigenvalue weighted by Gasteiger charge is 2.39. The van der Waals surface area contributed by atoms with E-state index in [9.17, 15) is 0 Å². The number of ether oxygens (including phenoxy) is 1. The molecule has 3 nitrogen and oxygen atoms in total. The largest absolute Gasteiger partial charge is 0.469 e. The number of hydrogen-bond donors (Lipinski definition) is 0. The Labute approximate surface area is 135 Å². The van der Waals surface area contributed by atoms with Crippen molar-refractivity contribution in [3.63, 3.8) is 0 Å². The zero-order chi connectivity index (χ0) is 15.1. The second-order valence-corrected chi connectivity index (χ2v) is 6.11. The first kappa shape index (κ1) is 13.6. The van der Waals surface area contributed by atoms with Crippen molar-refractivity contribution in [2.45, 2.75) is 32.0 Å². The minimum Gasteiger partial charge on any atom is -0.469 e. The van der Waals surface area contributed by atoms with E-state index in [1.165, 1.54) is 5.56 Å². The van der Waals surface area contributed by atoms with Crippen LogP contribution in [0.1, 0.15) is 36.9 Å². The van der Waals surface area contributed by atoms with Crippen LogP contribution in [-0.4, -0.2) is 16.9 Å². The lowest BCUT2D eigenvalue weighted by Gasteiger charge is -2.37. The van der Waals surface area contributed by atoms with Crippen LogP contribution in [0.25, 0.3) is 0 Å². The average molecular weight is 313 g/mol. The zero-order valence-corrected chi connectivity index (χ0v) is 13.1. The van der Waals surface area contributed by atoms with Gasteiger partial charge >= 0.3 is 0 Å². The Morgan fingerprint density at radius 1 is 1.23 bits per heavy atom. The van der Waals surface area contributed by atoms with Crippen molar-refractivity contribution >= 4 is 17.3 Å². The molecule has 2 aliphatic rings. The molecule has 0 bridgehead atoms. The molecule has 2 aromatic carbocycles. The highest BCUT2D eigenvalue weighted by molar-refractivity contribution is 6.30. The summed E-state index contributed by atoms with van der Waals surface area (Å²) in [5.74, 6) is 0.932. The monoisotopic (exact) mass is 312 g/mol. The maximum absolute atomic E-state index is 6.18. The SMILES string of the molecule is CC[C@@H]1Oc2ccc(Cl)cc2[C@H]2CC(c3ccccc3)=NN12. The van der Waals surface area contributed by atoms with Crippen LogP contribution < -0.4 is 4.74 Å². The molecule has 0 N–H and O–H groups in total. The first-order valence-electron chi connectivity index (χ1n) is 7.63. The van der Waals surface area contributed by atoms with E-state index in [2.05, 4.69) is 24.1 Å². The first-order valence-corrected chi connectivity index (χ1v) is 8.01. The summed E-state index contributed by atoms with van der Waals surface area (Å²) >= 11 is 6.18. The van der Waals surface area contributed by atoms with Crippen LogP contribution >= 0.6 is 11.6 Å². The minimum absolute atomic E-state index is 0.0140. The van der Waals surface area contributed by atoms with E-state index in [0.29, 0.717) is 0 Å². The first-order chi connectivity index (χ1) is 10.8. The molecule has 2 atom stereocenters. The van der Waals surface area contributed by atoms with E-state index in [-0.39, 0.29) is 12.3 Å². The van der Waals surface area contributed by atoms with E-state index < -0.39 is 0 Å². The number of hydrazone groups is 1. The van der Waals surface area contributed by atoms with Crippen molar-refractivity contribution in [3.05, 3.63) is 64.7 Å². The lowest BCUT2D eigenvalue weighted by molar-refractivity contribution is -0.0188. The molecule has 0 saturated carbocycles. The van der Waals surface area contributed by atoms with Gasteiger partial charge in [-0.25, -0.2) is 0 Å². The quantitative estimate of drug-likeness (QED) is 0.808. The Morgan fingerprint density at radius 3 is 2.82 bits per heavy atom. The van der Waals surface area contributed by atoms with Crippen molar-refractivity contribution in [2.24, 2.45) is 5.10 Å². The second-order valence-electron chi connectivity index (χ2n) is 5.68. The normalized spacial score (nSPS) is 22.6. The van der Waals surface area contributed by atoms with Crippen LogP contribution in [0.3, 0.4) is 0 Å². The summed E-state index contributed by atoms with van der Waals surface area (Å²) in [5, 5.41) is 7.68. The molecule has 2 aliphatic heterocycles. The summed E-state index contributed by atoms with van der Waals surface area (Å²) in [6.07, 6.45) is 1.77. The lowest BCUT2D eigenvalue weighted by atomic mass is 9.96. The molecule has 112 valence electrons. The lowest BCUT2D eigenvalue weighted by Crippen LogP contribution is -2.39. The number of fused-ring (bicyclic) bond motifs is 3. The Morgan fingerprint density at radius 2 is 2.05 bits per heavy atom. The molecule has 0 fully saturated rings. The van der Waals surface area contributed by atoms with Gasteiger partial charge in [0.05, 0.1) is 11.8 Å². The number of rotatable bonds is 2. The molecule has 0 saturated heterocycles. The van der Waals surface area contributed by atoms with Gasteiger partial charge in [0, 0.05) is 23.4 Å². The smallest absolute Gasteiger partial charge is 0.187 e. The number of hydrogen-bond acceptors (Lipinski definition) is 3. The molecule has 2 aromatic rings. The van der Waals surface area contributed by atoms with E-state index in [1.807, 2.05) is 36.4 Å². The molecular formula is C18H17ClN2O. The van der Waals surface area contributed by atoms with Crippen LogP contribution in [-0.2, 0) is 0 Å². The molecule has 2 heterocycles. The van der Waals surface area contributed by atoms with Crippen LogP contribution in [0.5, 0.6) is 5.75 Å². The molecule has 0 unspecified atom stereocenters. The molecule has 0 radical (unpaired) electrons. The van der Waals surface area contributed by atoms with Gasteiger partial charge in [-0.05, 0) is 23.8 Å². The van der Waals surface area contributed by atoms with Gasteiger partial charge in [0.2, 0.25) is 0 Å². The number of halogens is 1. The summed E-state index contributed by atoms with van der Waals surface area (Å²) in [6.45, 7) is 2.12. The second kappa shape index (κ2) is 5.33. The van der Waals surface area contributed by atoms with Crippen molar-refractivity contribution in [1.29, 1.82) is 0 Å². The van der Waals surface area contributed by atoms with Crippen molar-refractivity contribution in [3.8, 4) is 5.75 Å². The van der Waals surface area contributed by atoms with Crippen LogP contribution in [0, 0.1) is 0 Å². The van der Waals surface area contributed by atoms with Crippen LogP contribution in [0.2, 0.25) is 5.02 Å². The Hall–Kier alpha value is -2.00. The molecule has 0 aliphatic carbocycles. The molecule has 4 rings (SSSR count). The topological polar surface area (TPSA) is 24.8 Å². The third kappa shape index (κ3) is 2.17. The molecule has 0 aromatic heterocycles. The van der Waals surface area contributed by atoms with Crippen molar-refractivity contribution < 1.29 is 4.74 Å². The predicted octanol–water partition coefficient (Wildman–Crippen LogP) is 4.62. The maximum atomic E-state index is 6.18. The summed E-state index contributed by atoms with van der Waals surface area (Å²) < 4.78 is 6.09. The van der Waals surface area contributed by atoms with Gasteiger partial charge in [-0.2, -0.15) is 5.10 Å². The van der Waals surface area contributed by atoms with Crippen LogP contribution in [0.15, 0.2) is 53.6 Å². The molecule has 0 spiro atoms. The Balaban J connectivity index is 1.75. The third-order valence-electron chi connectivity index (χ3n) is 4.29. The van der Waals surface area contributed by atoms with Gasteiger partial charge in [0.15, 0.2) is 6.23 Å². The fourth-order valence-electron chi connectivity index (χ4n) is 3.21. The highest BCUT2D eigenvalue weighted by atomic mass is 35.5. The van der Waals surface area contributed by atoms with E-state index in [1.54, 1.807) is 0 Å². The van der Waals surface area contributed by atoms with Gasteiger partial charge in [-0.1, -0.05) is 48.9 Å². The molecular weight excluding hydrogens is 296 g/mol. The van der Waals surface area contributed by atoms with Gasteiger partial charge in [-0.3, -0.25) is 5.01 Å². The standard InChI is InChI=1S/C18H17ClN2O/c1-2-18-21-16(14-10-13(19)8-9-17(14)22-18)11-15(20-21)12-6-4-3-5-7-12/h3-10,16,18H,2,11H2,1H3/t16-,18+/m1/s1. The maximum Gasteiger partial charge on any atom is 0.187 e. The summed E-state index contributed by atoms with van der Waals surface area (Å²) in [6, 6.07) is 16.4. The zero-order valence-electron chi connectivity index (χ0n) is 12.4. The van der Waals surface area contributed by atoms with Gasteiger partial charge in [-0.15, -0.1) is 0 Å². The van der Waals surface area contributed by atoms with Crippen molar-refractivity contribution in [2.75, 3.05) is 0 Å². The minimum atomic E-state index is -0.0140. The van der Waals surface area contributed by atoms with E-state index >= 15 is 0 Å². The summed E-state index contributed by atoms with van der Waals surface area (Å²) in [5.41, 5.74) is 3.42. The highest BCUT2D eigenvalue weighted by Crippen LogP contribution is 2.44. The fraction of sp³-hybridized carbons (Fsp3) is 0.278. The Bertz CT molecular complexity index is 729. The van der Waals surface area contributed by atoms with Gasteiger partial charge in [0.25, 0.3) is 0 Å². The third-order valence-corrected chi connectivity index (χ3v) is 4.52.